The van der Waals surface area contributed by atoms with E-state index >= 15 is 0 Å². The quantitative estimate of drug-likeness (QED) is 0.416. The fourth-order valence-electron chi connectivity index (χ4n) is 3.23. The Labute approximate surface area is 171 Å². The predicted molar refractivity (Wildman–Crippen MR) is 118 cm³/mol. The first-order valence-corrected chi connectivity index (χ1v) is 9.70. The number of hydrogen-bond donors (Lipinski definition) is 0. The highest BCUT2D eigenvalue weighted by Crippen LogP contribution is 2.19. The van der Waals surface area contributed by atoms with Gasteiger partial charge in [0.2, 0.25) is 0 Å². The lowest BCUT2D eigenvalue weighted by Gasteiger charge is -2.10. The topological polar surface area (TPSA) is 36.3 Å². The fourth-order valence-corrected chi connectivity index (χ4v) is 3.23. The molecular formula is C25H24N2O2. The van der Waals surface area contributed by atoms with E-state index in [0.717, 1.165) is 40.5 Å². The molecule has 4 heteroatoms. The summed E-state index contributed by atoms with van der Waals surface area (Å²) in [6, 6.07) is 24.3. The number of benzene rings is 3. The summed E-state index contributed by atoms with van der Waals surface area (Å²) < 4.78 is 13.4. The largest absolute Gasteiger partial charge is 0.497 e. The van der Waals surface area contributed by atoms with Crippen LogP contribution in [0.25, 0.3) is 23.2 Å². The Kier molecular flexibility index (Phi) is 5.61. The molecule has 0 aliphatic rings. The molecule has 0 radical (unpaired) electrons. The summed E-state index contributed by atoms with van der Waals surface area (Å²) in [5, 5.41) is 0. The van der Waals surface area contributed by atoms with Crippen molar-refractivity contribution in [3.8, 4) is 11.5 Å². The minimum absolute atomic E-state index is 0.576. The van der Waals surface area contributed by atoms with E-state index in [0.29, 0.717) is 6.61 Å². The molecule has 0 N–H and O–H groups in total. The Morgan fingerprint density at radius 3 is 2.34 bits per heavy atom. The van der Waals surface area contributed by atoms with Crippen molar-refractivity contribution in [1.82, 2.24) is 9.55 Å². The maximum absolute atomic E-state index is 5.94. The van der Waals surface area contributed by atoms with Gasteiger partial charge in [0, 0.05) is 0 Å². The molecule has 0 saturated carbocycles. The first-order chi connectivity index (χ1) is 14.2. The number of para-hydroxylation sites is 2. The van der Waals surface area contributed by atoms with Crippen molar-refractivity contribution in [2.24, 2.45) is 0 Å². The highest BCUT2D eigenvalue weighted by Gasteiger charge is 2.08. The van der Waals surface area contributed by atoms with Crippen molar-refractivity contribution < 1.29 is 9.47 Å². The second-order valence-corrected chi connectivity index (χ2v) is 6.88. The van der Waals surface area contributed by atoms with Crippen LogP contribution in [0.5, 0.6) is 11.5 Å². The number of methoxy groups -OCH3 is 1. The molecular weight excluding hydrogens is 360 g/mol. The molecule has 0 unspecified atom stereocenters. The minimum atomic E-state index is 0.576. The predicted octanol–water partition coefficient (Wildman–Crippen LogP) is 5.60. The maximum atomic E-state index is 5.94. The fraction of sp³-hybridized carbons (Fsp3) is 0.160. The molecule has 0 aliphatic carbocycles. The van der Waals surface area contributed by atoms with Gasteiger partial charge in [0.15, 0.2) is 0 Å². The molecule has 29 heavy (non-hydrogen) atoms. The van der Waals surface area contributed by atoms with E-state index in [1.807, 2.05) is 60.7 Å². The SMILES string of the molecule is COc1ccc(/C=C/c2nc3ccccc3n2CCOc2ccc(C)cc2)cc1. The van der Waals surface area contributed by atoms with Crippen molar-refractivity contribution >= 4 is 23.2 Å². The number of nitrogens with zero attached hydrogens (tertiary/aromatic N) is 2. The molecule has 4 nitrogen and oxygen atoms in total. The molecule has 146 valence electrons. The summed E-state index contributed by atoms with van der Waals surface area (Å²) in [5.41, 5.74) is 4.41. The van der Waals surface area contributed by atoms with Crippen LogP contribution in [0.3, 0.4) is 0 Å². The number of hydrogen-bond acceptors (Lipinski definition) is 3. The second-order valence-electron chi connectivity index (χ2n) is 6.88. The zero-order valence-electron chi connectivity index (χ0n) is 16.7. The van der Waals surface area contributed by atoms with Gasteiger partial charge in [0.05, 0.1) is 24.7 Å². The highest BCUT2D eigenvalue weighted by molar-refractivity contribution is 5.79. The zero-order chi connectivity index (χ0) is 20.1. The van der Waals surface area contributed by atoms with E-state index in [2.05, 4.69) is 35.8 Å². The molecule has 1 aromatic heterocycles. The average Bonchev–Trinajstić information content (AvgIpc) is 3.11. The lowest BCUT2D eigenvalue weighted by atomic mass is 10.2. The summed E-state index contributed by atoms with van der Waals surface area (Å²) in [6.07, 6.45) is 4.12. The molecule has 0 fully saturated rings. The van der Waals surface area contributed by atoms with Crippen LogP contribution in [0, 0.1) is 6.92 Å². The molecule has 4 rings (SSSR count). The Morgan fingerprint density at radius 2 is 1.59 bits per heavy atom. The zero-order valence-corrected chi connectivity index (χ0v) is 16.7. The first-order valence-electron chi connectivity index (χ1n) is 9.70. The van der Waals surface area contributed by atoms with Crippen molar-refractivity contribution in [3.05, 3.63) is 89.7 Å². The minimum Gasteiger partial charge on any atom is -0.497 e. The van der Waals surface area contributed by atoms with Crippen molar-refractivity contribution in [2.75, 3.05) is 13.7 Å². The number of fused-ring (bicyclic) bond motifs is 1. The van der Waals surface area contributed by atoms with E-state index in [9.17, 15) is 0 Å². The molecule has 0 atom stereocenters. The van der Waals surface area contributed by atoms with E-state index in [1.165, 1.54) is 5.56 Å². The standard InChI is InChI=1S/C25H24N2O2/c1-19-7-12-22(13-8-19)29-18-17-27-24-6-4-3-5-23(24)26-25(27)16-11-20-9-14-21(28-2)15-10-20/h3-16H,17-18H2,1-2H3/b16-11+. The van der Waals surface area contributed by atoms with Crippen LogP contribution in [-0.4, -0.2) is 23.3 Å². The van der Waals surface area contributed by atoms with E-state index < -0.39 is 0 Å². The second kappa shape index (κ2) is 8.65. The molecule has 0 spiro atoms. The highest BCUT2D eigenvalue weighted by atomic mass is 16.5. The van der Waals surface area contributed by atoms with Crippen LogP contribution in [0.15, 0.2) is 72.8 Å². The van der Waals surface area contributed by atoms with Crippen LogP contribution in [0.2, 0.25) is 0 Å². The third-order valence-corrected chi connectivity index (χ3v) is 4.83. The van der Waals surface area contributed by atoms with Gasteiger partial charge in [-0.15, -0.1) is 0 Å². The van der Waals surface area contributed by atoms with Gasteiger partial charge in [0.1, 0.15) is 23.9 Å². The molecule has 4 aromatic rings. The van der Waals surface area contributed by atoms with E-state index in [-0.39, 0.29) is 0 Å². The Balaban J connectivity index is 1.54. The van der Waals surface area contributed by atoms with Gasteiger partial charge in [-0.05, 0) is 55.0 Å². The molecule has 0 bridgehead atoms. The van der Waals surface area contributed by atoms with Crippen LogP contribution in [0.4, 0.5) is 0 Å². The Bertz CT molecular complexity index is 1110. The van der Waals surface area contributed by atoms with Crippen LogP contribution in [0.1, 0.15) is 17.0 Å². The number of ether oxygens (including phenoxy) is 2. The van der Waals surface area contributed by atoms with Crippen molar-refractivity contribution in [2.45, 2.75) is 13.5 Å². The average molecular weight is 384 g/mol. The van der Waals surface area contributed by atoms with Gasteiger partial charge in [-0.25, -0.2) is 4.98 Å². The van der Waals surface area contributed by atoms with Gasteiger partial charge in [-0.2, -0.15) is 0 Å². The number of imidazole rings is 1. The van der Waals surface area contributed by atoms with Crippen molar-refractivity contribution in [3.63, 3.8) is 0 Å². The first kappa shape index (κ1) is 18.8. The van der Waals surface area contributed by atoms with E-state index in [4.69, 9.17) is 14.5 Å². The maximum Gasteiger partial charge on any atom is 0.133 e. The molecule has 3 aromatic carbocycles. The summed E-state index contributed by atoms with van der Waals surface area (Å²) in [4.78, 5) is 4.79. The smallest absolute Gasteiger partial charge is 0.133 e. The summed E-state index contributed by atoms with van der Waals surface area (Å²) in [7, 11) is 1.67. The summed E-state index contributed by atoms with van der Waals surface area (Å²) in [6.45, 7) is 3.37. The summed E-state index contributed by atoms with van der Waals surface area (Å²) >= 11 is 0. The van der Waals surface area contributed by atoms with Gasteiger partial charge in [0.25, 0.3) is 0 Å². The van der Waals surface area contributed by atoms with Crippen LogP contribution < -0.4 is 9.47 Å². The number of aryl methyl sites for hydroxylation is 1. The van der Waals surface area contributed by atoms with Crippen LogP contribution in [-0.2, 0) is 6.54 Å². The van der Waals surface area contributed by atoms with Gasteiger partial charge >= 0.3 is 0 Å². The van der Waals surface area contributed by atoms with E-state index in [1.54, 1.807) is 7.11 Å². The lowest BCUT2D eigenvalue weighted by Crippen LogP contribution is -2.09. The number of rotatable bonds is 7. The number of aromatic nitrogens is 2. The monoisotopic (exact) mass is 384 g/mol. The normalized spacial score (nSPS) is 11.2. The van der Waals surface area contributed by atoms with Gasteiger partial charge in [-0.3, -0.25) is 0 Å². The van der Waals surface area contributed by atoms with Gasteiger partial charge < -0.3 is 14.0 Å². The summed E-state index contributed by atoms with van der Waals surface area (Å²) in [5.74, 6) is 2.65. The Morgan fingerprint density at radius 1 is 0.862 bits per heavy atom. The molecule has 0 amide bonds. The molecule has 0 saturated heterocycles. The third kappa shape index (κ3) is 4.49. The molecule has 1 heterocycles. The molecule has 0 aliphatic heterocycles. The third-order valence-electron chi connectivity index (χ3n) is 4.83. The Hall–Kier alpha value is -3.53. The van der Waals surface area contributed by atoms with Crippen LogP contribution >= 0.6 is 0 Å². The van der Waals surface area contributed by atoms with Crippen molar-refractivity contribution in [1.29, 1.82) is 0 Å². The van der Waals surface area contributed by atoms with Gasteiger partial charge in [-0.1, -0.05) is 48.0 Å². The lowest BCUT2D eigenvalue weighted by molar-refractivity contribution is 0.299.